The van der Waals surface area contributed by atoms with E-state index in [0.717, 1.165) is 12.8 Å². The zero-order chi connectivity index (χ0) is 22.1. The highest BCUT2D eigenvalue weighted by Crippen LogP contribution is 2.16. The summed E-state index contributed by atoms with van der Waals surface area (Å²) in [7, 11) is 0. The molecule has 0 saturated carbocycles. The molecule has 0 heterocycles. The SMILES string of the molecule is CCCCC/C=C\C/C=C\CC(C)(O)/C=C/C(O)C(O)CCCCC(C)C(=O)O. The van der Waals surface area contributed by atoms with Crippen LogP contribution in [0.4, 0.5) is 0 Å². The highest BCUT2D eigenvalue weighted by atomic mass is 16.4. The molecule has 0 spiro atoms. The van der Waals surface area contributed by atoms with Crippen LogP contribution in [-0.4, -0.2) is 44.2 Å². The second kappa shape index (κ2) is 16.4. The summed E-state index contributed by atoms with van der Waals surface area (Å²) in [6, 6.07) is 0. The van der Waals surface area contributed by atoms with Gasteiger partial charge in [0.25, 0.3) is 0 Å². The number of aliphatic carboxylic acids is 1. The minimum Gasteiger partial charge on any atom is -0.481 e. The molecule has 0 amide bonds. The van der Waals surface area contributed by atoms with Crippen LogP contribution in [-0.2, 0) is 4.79 Å². The molecule has 0 saturated heterocycles. The fraction of sp³-hybridized carbons (Fsp3) is 0.708. The third-order valence-corrected chi connectivity index (χ3v) is 4.97. The molecule has 4 atom stereocenters. The first kappa shape index (κ1) is 27.6. The maximum Gasteiger partial charge on any atom is 0.306 e. The van der Waals surface area contributed by atoms with E-state index in [1.807, 2.05) is 12.2 Å². The minimum absolute atomic E-state index is 0.392. The van der Waals surface area contributed by atoms with Crippen LogP contribution in [0.15, 0.2) is 36.5 Å². The van der Waals surface area contributed by atoms with Crippen molar-refractivity contribution in [2.75, 3.05) is 0 Å². The average molecular weight is 411 g/mol. The number of aliphatic hydroxyl groups excluding tert-OH is 2. The van der Waals surface area contributed by atoms with Gasteiger partial charge in [-0.3, -0.25) is 4.79 Å². The van der Waals surface area contributed by atoms with Crippen molar-refractivity contribution < 1.29 is 25.2 Å². The predicted octanol–water partition coefficient (Wildman–Crippen LogP) is 4.77. The van der Waals surface area contributed by atoms with Gasteiger partial charge in [-0.05, 0) is 45.4 Å². The zero-order valence-electron chi connectivity index (χ0n) is 18.5. The Morgan fingerprint density at radius 1 is 1.00 bits per heavy atom. The summed E-state index contributed by atoms with van der Waals surface area (Å²) >= 11 is 0. The molecule has 0 aromatic carbocycles. The van der Waals surface area contributed by atoms with E-state index >= 15 is 0 Å². The monoisotopic (exact) mass is 410 g/mol. The number of carboxylic acid groups (broad SMARTS) is 1. The van der Waals surface area contributed by atoms with Crippen molar-refractivity contribution >= 4 is 5.97 Å². The van der Waals surface area contributed by atoms with E-state index in [1.165, 1.54) is 31.4 Å². The predicted molar refractivity (Wildman–Crippen MR) is 119 cm³/mol. The van der Waals surface area contributed by atoms with Crippen LogP contribution in [0.5, 0.6) is 0 Å². The first-order chi connectivity index (χ1) is 13.7. The van der Waals surface area contributed by atoms with Crippen molar-refractivity contribution in [3.05, 3.63) is 36.5 Å². The van der Waals surface area contributed by atoms with Gasteiger partial charge in [0.1, 0.15) is 0 Å². The van der Waals surface area contributed by atoms with Gasteiger partial charge >= 0.3 is 5.97 Å². The van der Waals surface area contributed by atoms with Gasteiger partial charge in [0, 0.05) is 0 Å². The van der Waals surface area contributed by atoms with E-state index in [9.17, 15) is 20.1 Å². The summed E-state index contributed by atoms with van der Waals surface area (Å²) in [5.41, 5.74) is -1.08. The topological polar surface area (TPSA) is 98.0 Å². The molecule has 0 aliphatic rings. The summed E-state index contributed by atoms with van der Waals surface area (Å²) in [4.78, 5) is 10.8. The largest absolute Gasteiger partial charge is 0.481 e. The number of hydrogen-bond donors (Lipinski definition) is 4. The maximum atomic E-state index is 10.8. The highest BCUT2D eigenvalue weighted by molar-refractivity contribution is 5.69. The smallest absolute Gasteiger partial charge is 0.306 e. The number of unbranched alkanes of at least 4 members (excludes halogenated alkanes) is 4. The first-order valence-corrected chi connectivity index (χ1v) is 11.0. The number of carboxylic acids is 1. The molecule has 0 bridgehead atoms. The van der Waals surface area contributed by atoms with Gasteiger partial charge in [0.2, 0.25) is 0 Å². The van der Waals surface area contributed by atoms with Crippen molar-refractivity contribution in [1.29, 1.82) is 0 Å². The van der Waals surface area contributed by atoms with E-state index in [2.05, 4.69) is 19.1 Å². The number of aliphatic hydroxyl groups is 3. The van der Waals surface area contributed by atoms with Gasteiger partial charge in [0.15, 0.2) is 0 Å². The lowest BCUT2D eigenvalue weighted by atomic mass is 9.97. The van der Waals surface area contributed by atoms with Crippen molar-refractivity contribution in [3.63, 3.8) is 0 Å². The van der Waals surface area contributed by atoms with Crippen LogP contribution >= 0.6 is 0 Å². The highest BCUT2D eigenvalue weighted by Gasteiger charge is 2.18. The van der Waals surface area contributed by atoms with Gasteiger partial charge < -0.3 is 20.4 Å². The van der Waals surface area contributed by atoms with Gasteiger partial charge in [-0.1, -0.05) is 76.0 Å². The summed E-state index contributed by atoms with van der Waals surface area (Å²) in [5, 5.41) is 39.3. The van der Waals surface area contributed by atoms with Gasteiger partial charge in [-0.2, -0.15) is 0 Å². The molecule has 0 aromatic rings. The summed E-state index contributed by atoms with van der Waals surface area (Å²) in [6.45, 7) is 5.52. The Morgan fingerprint density at radius 3 is 2.31 bits per heavy atom. The summed E-state index contributed by atoms with van der Waals surface area (Å²) < 4.78 is 0. The molecular formula is C24H42O5. The third-order valence-electron chi connectivity index (χ3n) is 4.97. The number of rotatable bonds is 17. The standard InChI is InChI=1S/C24H42O5/c1-4-5-6-7-8-9-10-11-14-18-24(3,29)19-17-22(26)21(25)16-13-12-15-20(2)23(27)28/h8-9,11,14,17,19-22,25-26,29H,4-7,10,12-13,15-16,18H2,1-3H3,(H,27,28)/b9-8-,14-11-,19-17+. The van der Waals surface area contributed by atoms with Crippen LogP contribution in [0.1, 0.15) is 85.0 Å². The lowest BCUT2D eigenvalue weighted by Crippen LogP contribution is -2.26. The van der Waals surface area contributed by atoms with Gasteiger partial charge in [0.05, 0.1) is 23.7 Å². The van der Waals surface area contributed by atoms with Gasteiger partial charge in [-0.15, -0.1) is 0 Å². The molecule has 0 aliphatic heterocycles. The fourth-order valence-electron chi connectivity index (χ4n) is 2.82. The average Bonchev–Trinajstić information content (AvgIpc) is 2.67. The van der Waals surface area contributed by atoms with Crippen LogP contribution in [0.2, 0.25) is 0 Å². The molecule has 0 aromatic heterocycles. The molecular weight excluding hydrogens is 368 g/mol. The molecule has 0 rings (SSSR count). The van der Waals surface area contributed by atoms with E-state index < -0.39 is 29.7 Å². The Bertz CT molecular complexity index is 507. The van der Waals surface area contributed by atoms with Crippen molar-refractivity contribution in [2.24, 2.45) is 5.92 Å². The fourth-order valence-corrected chi connectivity index (χ4v) is 2.82. The van der Waals surface area contributed by atoms with Crippen LogP contribution in [0.3, 0.4) is 0 Å². The Morgan fingerprint density at radius 2 is 1.66 bits per heavy atom. The Balaban J connectivity index is 4.12. The second-order valence-corrected chi connectivity index (χ2v) is 8.18. The number of carbonyl (C=O) groups is 1. The second-order valence-electron chi connectivity index (χ2n) is 8.18. The molecule has 5 nitrogen and oxygen atoms in total. The molecule has 0 radical (unpaired) electrons. The van der Waals surface area contributed by atoms with Crippen LogP contribution in [0, 0.1) is 5.92 Å². The Labute approximate surface area is 176 Å². The van der Waals surface area contributed by atoms with Crippen molar-refractivity contribution in [1.82, 2.24) is 0 Å². The summed E-state index contributed by atoms with van der Waals surface area (Å²) in [6.07, 6.45) is 17.7. The van der Waals surface area contributed by atoms with Gasteiger partial charge in [-0.25, -0.2) is 0 Å². The molecule has 168 valence electrons. The van der Waals surface area contributed by atoms with Crippen LogP contribution < -0.4 is 0 Å². The minimum atomic E-state index is -1.08. The molecule has 4 N–H and O–H groups in total. The number of allylic oxidation sites excluding steroid dienone is 3. The normalized spacial score (nSPS) is 17.7. The number of hydrogen-bond acceptors (Lipinski definition) is 4. The summed E-state index contributed by atoms with van der Waals surface area (Å²) in [5.74, 6) is -1.20. The quantitative estimate of drug-likeness (QED) is 0.204. The lowest BCUT2D eigenvalue weighted by molar-refractivity contribution is -0.141. The zero-order valence-corrected chi connectivity index (χ0v) is 18.5. The molecule has 0 aliphatic carbocycles. The first-order valence-electron chi connectivity index (χ1n) is 11.0. The van der Waals surface area contributed by atoms with E-state index in [1.54, 1.807) is 13.8 Å². The third kappa shape index (κ3) is 16.1. The van der Waals surface area contributed by atoms with E-state index in [4.69, 9.17) is 5.11 Å². The molecule has 5 heteroatoms. The van der Waals surface area contributed by atoms with Crippen molar-refractivity contribution in [2.45, 2.75) is 103 Å². The lowest BCUT2D eigenvalue weighted by Gasteiger charge is -2.19. The Hall–Kier alpha value is -1.43. The van der Waals surface area contributed by atoms with E-state index in [0.29, 0.717) is 32.1 Å². The van der Waals surface area contributed by atoms with Crippen LogP contribution in [0.25, 0.3) is 0 Å². The Kier molecular flexibility index (Phi) is 15.6. The molecule has 0 fully saturated rings. The molecule has 4 unspecified atom stereocenters. The maximum absolute atomic E-state index is 10.8. The molecule has 29 heavy (non-hydrogen) atoms. The van der Waals surface area contributed by atoms with Crippen molar-refractivity contribution in [3.8, 4) is 0 Å². The van der Waals surface area contributed by atoms with E-state index in [-0.39, 0.29) is 0 Å².